The Balaban J connectivity index is 2.19. The maximum absolute atomic E-state index is 10.6. The van der Waals surface area contributed by atoms with Crippen LogP contribution in [0.3, 0.4) is 0 Å². The van der Waals surface area contributed by atoms with E-state index in [1.54, 1.807) is 4.90 Å². The topological polar surface area (TPSA) is 173 Å². The Morgan fingerprint density at radius 1 is 0.839 bits per heavy atom. The second-order valence-electron chi connectivity index (χ2n) is 8.31. The zero-order chi connectivity index (χ0) is 23.1. The minimum Gasteiger partial charge on any atom is -0.395 e. The molecule has 2 rings (SSSR count). The number of ether oxygens (including phenoxy) is 3. The highest BCUT2D eigenvalue weighted by atomic mass is 16.7. The summed E-state index contributed by atoms with van der Waals surface area (Å²) in [7, 11) is 0. The van der Waals surface area contributed by atoms with E-state index >= 15 is 0 Å². The summed E-state index contributed by atoms with van der Waals surface area (Å²) in [4.78, 5) is 1.74. The van der Waals surface area contributed by atoms with Gasteiger partial charge in [0.2, 0.25) is 0 Å². The molecule has 2 saturated heterocycles. The molecule has 0 saturated carbocycles. The number of rotatable bonds is 11. The lowest BCUT2D eigenvalue weighted by Gasteiger charge is -2.48. The Morgan fingerprint density at radius 3 is 1.90 bits per heavy atom. The lowest BCUT2D eigenvalue weighted by atomic mass is 9.97. The molecule has 184 valence electrons. The Morgan fingerprint density at radius 2 is 1.39 bits per heavy atom. The lowest BCUT2D eigenvalue weighted by molar-refractivity contribution is -0.283. The van der Waals surface area contributed by atoms with Crippen molar-refractivity contribution in [3.63, 3.8) is 0 Å². The zero-order valence-corrected chi connectivity index (χ0v) is 18.2. The van der Waals surface area contributed by atoms with Crippen LogP contribution in [0.5, 0.6) is 0 Å². The van der Waals surface area contributed by atoms with E-state index in [1.807, 2.05) is 13.8 Å². The van der Waals surface area contributed by atoms with Crippen LogP contribution in [0, 0.1) is 0 Å². The molecular weight excluding hydrogens is 414 g/mol. The van der Waals surface area contributed by atoms with E-state index < -0.39 is 55.2 Å². The van der Waals surface area contributed by atoms with Crippen LogP contribution in [0.25, 0.3) is 0 Å². The van der Waals surface area contributed by atoms with E-state index in [9.17, 15) is 35.7 Å². The van der Waals surface area contributed by atoms with Crippen molar-refractivity contribution < 1.29 is 50.0 Å². The summed E-state index contributed by atoms with van der Waals surface area (Å²) < 4.78 is 17.0. The predicted molar refractivity (Wildman–Crippen MR) is 108 cm³/mol. The molecule has 7 N–H and O–H groups in total. The SMILES string of the molecule is CCC(CC)N(C(CO)COC1OC(CO)C[C@H](O)[C@@H]1O)C1OC(CO)C[C@H](O)[C@@H]1O. The van der Waals surface area contributed by atoms with Crippen molar-refractivity contribution in [3.05, 3.63) is 0 Å². The molecule has 31 heavy (non-hydrogen) atoms. The van der Waals surface area contributed by atoms with Gasteiger partial charge >= 0.3 is 0 Å². The third kappa shape index (κ3) is 6.55. The quantitative estimate of drug-likeness (QED) is 0.176. The molecule has 5 unspecified atom stereocenters. The van der Waals surface area contributed by atoms with Gasteiger partial charge in [-0.15, -0.1) is 0 Å². The number of nitrogens with zero attached hydrogens (tertiary/aromatic N) is 1. The van der Waals surface area contributed by atoms with Gasteiger partial charge in [0.05, 0.1) is 56.9 Å². The normalized spacial score (nSPS) is 38.0. The Kier molecular flexibility index (Phi) is 11.0. The average Bonchev–Trinajstić information content (AvgIpc) is 2.77. The first-order valence-corrected chi connectivity index (χ1v) is 11.1. The number of hydrogen-bond acceptors (Lipinski definition) is 11. The minimum atomic E-state index is -1.32. The molecule has 11 heteroatoms. The summed E-state index contributed by atoms with van der Waals surface area (Å²) in [5, 5.41) is 70.0. The van der Waals surface area contributed by atoms with Gasteiger partial charge in [0.15, 0.2) is 6.29 Å². The molecule has 0 aromatic rings. The monoisotopic (exact) mass is 453 g/mol. The van der Waals surface area contributed by atoms with Crippen LogP contribution < -0.4 is 0 Å². The third-order valence-corrected chi connectivity index (χ3v) is 6.18. The van der Waals surface area contributed by atoms with Crippen molar-refractivity contribution in [2.24, 2.45) is 0 Å². The van der Waals surface area contributed by atoms with Crippen LogP contribution in [0.4, 0.5) is 0 Å². The molecule has 2 aliphatic heterocycles. The van der Waals surface area contributed by atoms with Crippen LogP contribution in [0.15, 0.2) is 0 Å². The third-order valence-electron chi connectivity index (χ3n) is 6.18. The molecule has 0 aromatic heterocycles. The van der Waals surface area contributed by atoms with E-state index in [0.29, 0.717) is 12.8 Å². The van der Waals surface area contributed by atoms with Crippen molar-refractivity contribution in [1.29, 1.82) is 0 Å². The Bertz CT molecular complexity index is 510. The van der Waals surface area contributed by atoms with Gasteiger partial charge in [0, 0.05) is 18.9 Å². The maximum Gasteiger partial charge on any atom is 0.186 e. The van der Waals surface area contributed by atoms with E-state index in [0.717, 1.165) is 0 Å². The smallest absolute Gasteiger partial charge is 0.186 e. The van der Waals surface area contributed by atoms with E-state index in [4.69, 9.17) is 14.2 Å². The van der Waals surface area contributed by atoms with Crippen molar-refractivity contribution >= 4 is 0 Å². The molecule has 11 nitrogen and oxygen atoms in total. The van der Waals surface area contributed by atoms with Crippen LogP contribution in [0.1, 0.15) is 39.5 Å². The van der Waals surface area contributed by atoms with E-state index in [2.05, 4.69) is 0 Å². The van der Waals surface area contributed by atoms with Gasteiger partial charge in [-0.3, -0.25) is 4.90 Å². The first-order valence-electron chi connectivity index (χ1n) is 11.1. The summed E-state index contributed by atoms with van der Waals surface area (Å²) in [6, 6.07) is -0.838. The number of aliphatic hydroxyl groups excluding tert-OH is 7. The second kappa shape index (κ2) is 12.7. The van der Waals surface area contributed by atoms with Crippen molar-refractivity contribution in [2.75, 3.05) is 26.4 Å². The first-order chi connectivity index (χ1) is 14.8. The van der Waals surface area contributed by atoms with Gasteiger partial charge in [-0.05, 0) is 12.8 Å². The summed E-state index contributed by atoms with van der Waals surface area (Å²) in [6.07, 6.45) is -6.85. The highest BCUT2D eigenvalue weighted by Crippen LogP contribution is 2.29. The zero-order valence-electron chi connectivity index (χ0n) is 18.2. The fraction of sp³-hybridized carbons (Fsp3) is 1.00. The second-order valence-corrected chi connectivity index (χ2v) is 8.31. The van der Waals surface area contributed by atoms with Gasteiger partial charge in [-0.25, -0.2) is 0 Å². The fourth-order valence-electron chi connectivity index (χ4n) is 4.33. The van der Waals surface area contributed by atoms with Gasteiger partial charge in [-0.1, -0.05) is 13.8 Å². The van der Waals surface area contributed by atoms with Gasteiger partial charge in [0.1, 0.15) is 18.4 Å². The molecule has 0 aliphatic carbocycles. The molecule has 0 amide bonds. The number of hydrogen-bond donors (Lipinski definition) is 7. The summed E-state index contributed by atoms with van der Waals surface area (Å²) in [6.45, 7) is 2.73. The van der Waals surface area contributed by atoms with Crippen LogP contribution >= 0.6 is 0 Å². The molecule has 9 atom stereocenters. The molecular formula is C20H39NO10. The molecule has 2 fully saturated rings. The Labute approximate surface area is 182 Å². The lowest BCUT2D eigenvalue weighted by Crippen LogP contribution is -2.63. The highest BCUT2D eigenvalue weighted by molar-refractivity contribution is 4.91. The predicted octanol–water partition coefficient (Wildman–Crippen LogP) is -2.49. The number of aliphatic hydroxyl groups is 7. The molecule has 0 aromatic carbocycles. The molecule has 2 aliphatic rings. The van der Waals surface area contributed by atoms with Crippen LogP contribution in [0.2, 0.25) is 0 Å². The van der Waals surface area contributed by atoms with Crippen LogP contribution in [-0.2, 0) is 14.2 Å². The van der Waals surface area contributed by atoms with Gasteiger partial charge < -0.3 is 50.0 Å². The van der Waals surface area contributed by atoms with Crippen molar-refractivity contribution in [3.8, 4) is 0 Å². The summed E-state index contributed by atoms with van der Waals surface area (Å²) >= 11 is 0. The fourth-order valence-corrected chi connectivity index (χ4v) is 4.33. The molecule has 0 radical (unpaired) electrons. The highest BCUT2D eigenvalue weighted by Gasteiger charge is 2.44. The van der Waals surface area contributed by atoms with Crippen molar-refractivity contribution in [1.82, 2.24) is 4.90 Å². The van der Waals surface area contributed by atoms with E-state index in [-0.39, 0.29) is 45.3 Å². The summed E-state index contributed by atoms with van der Waals surface area (Å²) in [5.41, 5.74) is 0. The van der Waals surface area contributed by atoms with Crippen LogP contribution in [-0.4, -0.2) is 128 Å². The average molecular weight is 454 g/mol. The Hall–Kier alpha value is -0.440. The molecule has 2 heterocycles. The minimum absolute atomic E-state index is 0.0728. The largest absolute Gasteiger partial charge is 0.395 e. The molecule has 0 spiro atoms. The maximum atomic E-state index is 10.6. The van der Waals surface area contributed by atoms with Gasteiger partial charge in [0.25, 0.3) is 0 Å². The van der Waals surface area contributed by atoms with E-state index in [1.165, 1.54) is 0 Å². The molecule has 0 bridgehead atoms. The standard InChI is InChI=1S/C20H39NO10/c1-3-11(4-2)21(19-17(27)15(25)5-13(8-23)30-19)12(7-22)10-29-20-18(28)16(26)6-14(9-24)31-20/h11-20,22-28H,3-10H2,1-2H3/t12?,13?,14?,15-,16-,17-,18-,19?,20?/m0/s1. The first kappa shape index (κ1) is 26.8. The van der Waals surface area contributed by atoms with Gasteiger partial charge in [-0.2, -0.15) is 0 Å². The van der Waals surface area contributed by atoms with Crippen molar-refractivity contribution in [2.45, 2.75) is 101 Å². The summed E-state index contributed by atoms with van der Waals surface area (Å²) in [5.74, 6) is 0.